The van der Waals surface area contributed by atoms with Gasteiger partial charge in [0.25, 0.3) is 0 Å². The van der Waals surface area contributed by atoms with E-state index in [1.807, 2.05) is 36.4 Å². The van der Waals surface area contributed by atoms with E-state index in [0.29, 0.717) is 28.8 Å². The van der Waals surface area contributed by atoms with Crippen molar-refractivity contribution < 1.29 is 14.2 Å². The van der Waals surface area contributed by atoms with Crippen molar-refractivity contribution in [3.8, 4) is 23.0 Å². The van der Waals surface area contributed by atoms with Gasteiger partial charge >= 0.3 is 0 Å². The number of para-hydroxylation sites is 1. The summed E-state index contributed by atoms with van der Waals surface area (Å²) in [4.78, 5) is 0. The normalized spacial score (nSPS) is 12.5. The summed E-state index contributed by atoms with van der Waals surface area (Å²) in [6, 6.07) is 11.2. The first-order chi connectivity index (χ1) is 10.3. The summed E-state index contributed by atoms with van der Waals surface area (Å²) in [5, 5.41) is 3.86. The standard InChI is InChI=1S/C16H16ClNO3/c1-2-18-9-11-4-3-5-13(17)16(11)21-12-6-7-14-15(8-12)20-10-19-14/h3-8,18H,2,9-10H2,1H3. The Balaban J connectivity index is 1.87. The smallest absolute Gasteiger partial charge is 0.231 e. The Morgan fingerprint density at radius 1 is 1.19 bits per heavy atom. The molecule has 0 radical (unpaired) electrons. The molecule has 4 nitrogen and oxygen atoms in total. The Hall–Kier alpha value is -1.91. The van der Waals surface area contributed by atoms with Crippen LogP contribution in [0.2, 0.25) is 5.02 Å². The number of ether oxygens (including phenoxy) is 3. The Labute approximate surface area is 128 Å². The Morgan fingerprint density at radius 3 is 2.90 bits per heavy atom. The molecule has 0 fully saturated rings. The highest BCUT2D eigenvalue weighted by Crippen LogP contribution is 2.39. The number of hydrogen-bond donors (Lipinski definition) is 1. The fourth-order valence-electron chi connectivity index (χ4n) is 2.12. The van der Waals surface area contributed by atoms with Crippen LogP contribution >= 0.6 is 11.6 Å². The number of benzene rings is 2. The molecule has 0 aliphatic carbocycles. The number of rotatable bonds is 5. The van der Waals surface area contributed by atoms with Crippen LogP contribution in [-0.4, -0.2) is 13.3 Å². The van der Waals surface area contributed by atoms with Crippen LogP contribution in [0.15, 0.2) is 36.4 Å². The van der Waals surface area contributed by atoms with Gasteiger partial charge in [-0.15, -0.1) is 0 Å². The first-order valence-electron chi connectivity index (χ1n) is 6.83. The molecule has 0 spiro atoms. The van der Waals surface area contributed by atoms with Crippen molar-refractivity contribution in [3.05, 3.63) is 47.0 Å². The van der Waals surface area contributed by atoms with Crippen LogP contribution in [0, 0.1) is 0 Å². The van der Waals surface area contributed by atoms with E-state index in [1.54, 1.807) is 0 Å². The van der Waals surface area contributed by atoms with Crippen molar-refractivity contribution in [1.82, 2.24) is 5.32 Å². The second-order valence-electron chi connectivity index (χ2n) is 4.63. The second-order valence-corrected chi connectivity index (χ2v) is 5.03. The predicted molar refractivity (Wildman–Crippen MR) is 81.5 cm³/mol. The van der Waals surface area contributed by atoms with Crippen LogP contribution in [0.25, 0.3) is 0 Å². The van der Waals surface area contributed by atoms with Gasteiger partial charge in [0.2, 0.25) is 6.79 Å². The topological polar surface area (TPSA) is 39.7 Å². The SMILES string of the molecule is CCNCc1cccc(Cl)c1Oc1ccc2c(c1)OCO2. The molecule has 0 saturated heterocycles. The maximum atomic E-state index is 6.27. The van der Waals surface area contributed by atoms with Gasteiger partial charge in [-0.3, -0.25) is 0 Å². The van der Waals surface area contributed by atoms with E-state index in [4.69, 9.17) is 25.8 Å². The minimum Gasteiger partial charge on any atom is -0.455 e. The largest absolute Gasteiger partial charge is 0.455 e. The van der Waals surface area contributed by atoms with E-state index in [9.17, 15) is 0 Å². The Bertz CT molecular complexity index is 645. The second kappa shape index (κ2) is 6.24. The molecule has 0 saturated carbocycles. The van der Waals surface area contributed by atoms with Gasteiger partial charge < -0.3 is 19.5 Å². The molecular formula is C16H16ClNO3. The van der Waals surface area contributed by atoms with Crippen LogP contribution in [-0.2, 0) is 6.54 Å². The van der Waals surface area contributed by atoms with Gasteiger partial charge in [-0.05, 0) is 24.7 Å². The molecule has 0 atom stereocenters. The van der Waals surface area contributed by atoms with Crippen molar-refractivity contribution in [2.24, 2.45) is 0 Å². The zero-order valence-corrected chi connectivity index (χ0v) is 12.4. The summed E-state index contributed by atoms with van der Waals surface area (Å²) in [6.45, 7) is 3.90. The van der Waals surface area contributed by atoms with Gasteiger partial charge in [-0.2, -0.15) is 0 Å². The quantitative estimate of drug-likeness (QED) is 0.907. The number of nitrogens with one attached hydrogen (secondary N) is 1. The van der Waals surface area contributed by atoms with Crippen molar-refractivity contribution in [2.45, 2.75) is 13.5 Å². The van der Waals surface area contributed by atoms with Gasteiger partial charge in [-0.25, -0.2) is 0 Å². The molecule has 1 heterocycles. The fraction of sp³-hybridized carbons (Fsp3) is 0.250. The third kappa shape index (κ3) is 3.06. The maximum absolute atomic E-state index is 6.27. The van der Waals surface area contributed by atoms with Crippen molar-refractivity contribution >= 4 is 11.6 Å². The van der Waals surface area contributed by atoms with Crippen molar-refractivity contribution in [3.63, 3.8) is 0 Å². The van der Waals surface area contributed by atoms with Crippen molar-refractivity contribution in [2.75, 3.05) is 13.3 Å². The van der Waals surface area contributed by atoms with Gasteiger partial charge in [0.05, 0.1) is 5.02 Å². The molecule has 3 rings (SSSR count). The zero-order valence-electron chi connectivity index (χ0n) is 11.7. The molecule has 0 aromatic heterocycles. The van der Waals surface area contributed by atoms with Crippen LogP contribution in [0.5, 0.6) is 23.0 Å². The first kappa shape index (κ1) is 14.0. The van der Waals surface area contributed by atoms with Crippen molar-refractivity contribution in [1.29, 1.82) is 0 Å². The van der Waals surface area contributed by atoms with E-state index < -0.39 is 0 Å². The summed E-state index contributed by atoms with van der Waals surface area (Å²) in [5.41, 5.74) is 1.02. The molecule has 0 amide bonds. The molecule has 1 N–H and O–H groups in total. The van der Waals surface area contributed by atoms with E-state index in [-0.39, 0.29) is 6.79 Å². The van der Waals surface area contributed by atoms with Crippen LogP contribution in [0.4, 0.5) is 0 Å². The minimum absolute atomic E-state index is 0.247. The van der Waals surface area contributed by atoms with Crippen LogP contribution in [0.3, 0.4) is 0 Å². The van der Waals surface area contributed by atoms with E-state index in [2.05, 4.69) is 12.2 Å². The summed E-state index contributed by atoms with van der Waals surface area (Å²) < 4.78 is 16.6. The summed E-state index contributed by atoms with van der Waals surface area (Å²) in [7, 11) is 0. The number of fused-ring (bicyclic) bond motifs is 1. The number of hydrogen-bond acceptors (Lipinski definition) is 4. The minimum atomic E-state index is 0.247. The third-order valence-electron chi connectivity index (χ3n) is 3.18. The van der Waals surface area contributed by atoms with Gasteiger partial charge in [0.15, 0.2) is 11.5 Å². The lowest BCUT2D eigenvalue weighted by Gasteiger charge is -2.13. The van der Waals surface area contributed by atoms with E-state index in [0.717, 1.165) is 17.9 Å². The molecule has 0 bridgehead atoms. The zero-order chi connectivity index (χ0) is 14.7. The van der Waals surface area contributed by atoms with E-state index in [1.165, 1.54) is 0 Å². The molecule has 1 aliphatic heterocycles. The molecule has 21 heavy (non-hydrogen) atoms. The Morgan fingerprint density at radius 2 is 2.05 bits per heavy atom. The molecule has 1 aliphatic rings. The first-order valence-corrected chi connectivity index (χ1v) is 7.21. The highest BCUT2D eigenvalue weighted by atomic mass is 35.5. The van der Waals surface area contributed by atoms with Crippen LogP contribution < -0.4 is 19.5 Å². The monoisotopic (exact) mass is 305 g/mol. The summed E-state index contributed by atoms with van der Waals surface area (Å²) in [6.07, 6.45) is 0. The third-order valence-corrected chi connectivity index (χ3v) is 3.48. The fourth-order valence-corrected chi connectivity index (χ4v) is 2.36. The highest BCUT2D eigenvalue weighted by molar-refractivity contribution is 6.32. The average molecular weight is 306 g/mol. The molecule has 110 valence electrons. The molecule has 2 aromatic carbocycles. The van der Waals surface area contributed by atoms with Crippen LogP contribution in [0.1, 0.15) is 12.5 Å². The lowest BCUT2D eigenvalue weighted by atomic mass is 10.2. The Kier molecular flexibility index (Phi) is 4.18. The molecule has 5 heteroatoms. The lowest BCUT2D eigenvalue weighted by Crippen LogP contribution is -2.12. The molecular weight excluding hydrogens is 290 g/mol. The average Bonchev–Trinajstić information content (AvgIpc) is 2.95. The predicted octanol–water partition coefficient (Wildman–Crippen LogP) is 3.97. The maximum Gasteiger partial charge on any atom is 0.231 e. The highest BCUT2D eigenvalue weighted by Gasteiger charge is 2.15. The van der Waals surface area contributed by atoms with Gasteiger partial charge in [-0.1, -0.05) is 30.7 Å². The molecule has 2 aromatic rings. The summed E-state index contributed by atoms with van der Waals surface area (Å²) in [5.74, 6) is 2.76. The van der Waals surface area contributed by atoms with Gasteiger partial charge in [0, 0.05) is 18.2 Å². The lowest BCUT2D eigenvalue weighted by molar-refractivity contribution is 0.174. The van der Waals surface area contributed by atoms with Gasteiger partial charge in [0.1, 0.15) is 11.5 Å². The number of halogens is 1. The summed E-state index contributed by atoms with van der Waals surface area (Å²) >= 11 is 6.27. The van der Waals surface area contributed by atoms with E-state index >= 15 is 0 Å². The molecule has 0 unspecified atom stereocenters.